The first kappa shape index (κ1) is 15.3. The van der Waals surface area contributed by atoms with Crippen LogP contribution in [0.15, 0.2) is 11.0 Å². The normalized spacial score (nSPS) is 22.2. The van der Waals surface area contributed by atoms with Crippen LogP contribution in [0.2, 0.25) is 5.02 Å². The highest BCUT2D eigenvalue weighted by Gasteiger charge is 2.25. The second kappa shape index (κ2) is 7.05. The van der Waals surface area contributed by atoms with Crippen LogP contribution >= 0.6 is 23.4 Å². The number of nitrogens with one attached hydrogen (secondary N) is 1. The van der Waals surface area contributed by atoms with Crippen LogP contribution in [0.1, 0.15) is 25.7 Å². The van der Waals surface area contributed by atoms with Gasteiger partial charge in [0, 0.05) is 11.3 Å². The van der Waals surface area contributed by atoms with Crippen LogP contribution in [0.5, 0.6) is 0 Å². The lowest BCUT2D eigenvalue weighted by Crippen LogP contribution is -2.37. The zero-order valence-corrected chi connectivity index (χ0v) is 13.0. The minimum Gasteiger partial charge on any atom is -0.375 e. The maximum Gasteiger partial charge on any atom is 0.292 e. The molecule has 0 radical (unpaired) electrons. The summed E-state index contributed by atoms with van der Waals surface area (Å²) in [7, 11) is 0. The molecule has 0 spiro atoms. The Bertz CT molecular complexity index is 567. The van der Waals surface area contributed by atoms with Crippen molar-refractivity contribution in [2.45, 2.75) is 43.5 Å². The van der Waals surface area contributed by atoms with E-state index in [4.69, 9.17) is 18.0 Å². The molecule has 2 unspecified atom stereocenters. The molecule has 0 aromatic carbocycles. The van der Waals surface area contributed by atoms with E-state index < -0.39 is 0 Å². The van der Waals surface area contributed by atoms with E-state index in [1.807, 2.05) is 11.8 Å². The average Bonchev–Trinajstić information content (AvgIpc) is 2.47. The predicted octanol–water partition coefficient (Wildman–Crippen LogP) is 2.62. The molecule has 1 aromatic heterocycles. The molecular weight excluding hydrogens is 294 g/mol. The number of anilines is 1. The molecule has 1 aliphatic carbocycles. The Hall–Kier alpha value is -1.12. The fourth-order valence-corrected chi connectivity index (χ4v) is 3.64. The van der Waals surface area contributed by atoms with E-state index >= 15 is 0 Å². The van der Waals surface area contributed by atoms with E-state index in [9.17, 15) is 4.79 Å². The van der Waals surface area contributed by atoms with Gasteiger partial charge in [-0.15, -0.1) is 6.42 Å². The third-order valence-corrected chi connectivity index (χ3v) is 5.03. The highest BCUT2D eigenvalue weighted by Crippen LogP contribution is 2.30. The summed E-state index contributed by atoms with van der Waals surface area (Å²) in [5, 5.41) is 8.13. The van der Waals surface area contributed by atoms with E-state index in [1.54, 1.807) is 0 Å². The molecule has 1 heterocycles. The fourth-order valence-electron chi connectivity index (χ4n) is 2.53. The van der Waals surface area contributed by atoms with Gasteiger partial charge in [0.2, 0.25) is 0 Å². The summed E-state index contributed by atoms with van der Waals surface area (Å²) in [6.07, 6.45) is 13.5. The standard InChI is InChI=1S/C14H18ClN3OS/c1-3-8-18-14(19)13(10(15)9-16-18)17-11-6-4-5-7-12(11)20-2/h1,9,11-12,17H,4-8H2,2H3. The summed E-state index contributed by atoms with van der Waals surface area (Å²) in [5.41, 5.74) is 0.170. The molecule has 0 amide bonds. The SMILES string of the molecule is C#CCn1ncc(Cl)c(NC2CCCCC2SC)c1=O. The Labute approximate surface area is 128 Å². The molecule has 0 saturated heterocycles. The number of rotatable bonds is 4. The Morgan fingerprint density at radius 1 is 1.60 bits per heavy atom. The van der Waals surface area contributed by atoms with Crippen molar-refractivity contribution >= 4 is 29.1 Å². The molecule has 0 bridgehead atoms. The fraction of sp³-hybridized carbons (Fsp3) is 0.571. The molecule has 1 aliphatic rings. The number of thioether (sulfide) groups is 1. The van der Waals surface area contributed by atoms with Crippen molar-refractivity contribution in [3.63, 3.8) is 0 Å². The maximum absolute atomic E-state index is 12.3. The minimum atomic E-state index is -0.249. The van der Waals surface area contributed by atoms with Crippen LogP contribution in [0.25, 0.3) is 0 Å². The lowest BCUT2D eigenvalue weighted by molar-refractivity contribution is 0.474. The molecule has 2 rings (SSSR count). The Kier molecular flexibility index (Phi) is 5.38. The Morgan fingerprint density at radius 3 is 3.05 bits per heavy atom. The number of hydrogen-bond acceptors (Lipinski definition) is 4. The van der Waals surface area contributed by atoms with E-state index in [1.165, 1.54) is 30.1 Å². The van der Waals surface area contributed by atoms with Gasteiger partial charge in [0.15, 0.2) is 0 Å². The Morgan fingerprint density at radius 2 is 2.35 bits per heavy atom. The van der Waals surface area contributed by atoms with Crippen LogP contribution in [-0.2, 0) is 6.54 Å². The first-order chi connectivity index (χ1) is 9.67. The summed E-state index contributed by atoms with van der Waals surface area (Å²) in [5.74, 6) is 2.42. The van der Waals surface area contributed by atoms with Gasteiger partial charge in [0.1, 0.15) is 12.2 Å². The van der Waals surface area contributed by atoms with E-state index in [0.717, 1.165) is 6.42 Å². The number of terminal acetylenes is 1. The monoisotopic (exact) mass is 311 g/mol. The maximum atomic E-state index is 12.3. The lowest BCUT2D eigenvalue weighted by atomic mass is 9.94. The summed E-state index contributed by atoms with van der Waals surface area (Å²) in [6.45, 7) is 0.154. The quantitative estimate of drug-likeness (QED) is 0.868. The summed E-state index contributed by atoms with van der Waals surface area (Å²) in [6, 6.07) is 0.269. The number of nitrogens with zero attached hydrogens (tertiary/aromatic N) is 2. The smallest absolute Gasteiger partial charge is 0.292 e. The first-order valence-corrected chi connectivity index (χ1v) is 8.32. The molecule has 1 aromatic rings. The van der Waals surface area contributed by atoms with Crippen LogP contribution in [0.4, 0.5) is 5.69 Å². The summed E-state index contributed by atoms with van der Waals surface area (Å²) in [4.78, 5) is 12.3. The predicted molar refractivity (Wildman–Crippen MR) is 85.5 cm³/mol. The topological polar surface area (TPSA) is 46.9 Å². The minimum absolute atomic E-state index is 0.154. The van der Waals surface area contributed by atoms with Gasteiger partial charge < -0.3 is 5.32 Å². The van der Waals surface area contributed by atoms with Gasteiger partial charge in [-0.2, -0.15) is 16.9 Å². The van der Waals surface area contributed by atoms with E-state index in [0.29, 0.717) is 16.0 Å². The zero-order chi connectivity index (χ0) is 14.5. The van der Waals surface area contributed by atoms with Crippen LogP contribution in [0.3, 0.4) is 0 Å². The van der Waals surface area contributed by atoms with Gasteiger partial charge in [0.05, 0.1) is 11.2 Å². The van der Waals surface area contributed by atoms with Crippen LogP contribution < -0.4 is 10.9 Å². The van der Waals surface area contributed by atoms with Crippen molar-refractivity contribution in [3.8, 4) is 12.3 Å². The highest BCUT2D eigenvalue weighted by molar-refractivity contribution is 7.99. The van der Waals surface area contributed by atoms with E-state index in [-0.39, 0.29) is 18.1 Å². The lowest BCUT2D eigenvalue weighted by Gasteiger charge is -2.31. The molecule has 2 atom stereocenters. The highest BCUT2D eigenvalue weighted by atomic mass is 35.5. The largest absolute Gasteiger partial charge is 0.375 e. The van der Waals surface area contributed by atoms with Gasteiger partial charge in [-0.25, -0.2) is 4.68 Å². The van der Waals surface area contributed by atoms with Crippen molar-refractivity contribution in [2.24, 2.45) is 0 Å². The Balaban J connectivity index is 2.26. The molecule has 0 aliphatic heterocycles. The van der Waals surface area contributed by atoms with Gasteiger partial charge in [-0.05, 0) is 19.1 Å². The molecule has 1 saturated carbocycles. The summed E-state index contributed by atoms with van der Waals surface area (Å²) < 4.78 is 1.26. The van der Waals surface area contributed by atoms with Gasteiger partial charge >= 0.3 is 0 Å². The average molecular weight is 312 g/mol. The number of hydrogen-bond donors (Lipinski definition) is 1. The first-order valence-electron chi connectivity index (χ1n) is 6.65. The van der Waals surface area contributed by atoms with Gasteiger partial charge in [-0.3, -0.25) is 4.79 Å². The number of aromatic nitrogens is 2. The van der Waals surface area contributed by atoms with Crippen LogP contribution in [-0.4, -0.2) is 27.3 Å². The van der Waals surface area contributed by atoms with Gasteiger partial charge in [-0.1, -0.05) is 30.4 Å². The molecule has 1 N–H and O–H groups in total. The molecule has 1 fully saturated rings. The van der Waals surface area contributed by atoms with E-state index in [2.05, 4.69) is 22.6 Å². The van der Waals surface area contributed by atoms with Crippen LogP contribution in [0, 0.1) is 12.3 Å². The van der Waals surface area contributed by atoms with Crippen molar-refractivity contribution < 1.29 is 0 Å². The second-order valence-electron chi connectivity index (χ2n) is 4.84. The molecule has 4 nitrogen and oxygen atoms in total. The van der Waals surface area contributed by atoms with Crippen molar-refractivity contribution in [1.29, 1.82) is 0 Å². The van der Waals surface area contributed by atoms with Crippen molar-refractivity contribution in [3.05, 3.63) is 21.6 Å². The molecule has 108 valence electrons. The van der Waals surface area contributed by atoms with Crippen molar-refractivity contribution in [2.75, 3.05) is 11.6 Å². The van der Waals surface area contributed by atoms with Gasteiger partial charge in [0.25, 0.3) is 5.56 Å². The molecular formula is C14H18ClN3OS. The molecule has 20 heavy (non-hydrogen) atoms. The van der Waals surface area contributed by atoms with Crippen molar-refractivity contribution in [1.82, 2.24) is 9.78 Å². The summed E-state index contributed by atoms with van der Waals surface area (Å²) >= 11 is 7.95. The molecule has 6 heteroatoms. The third kappa shape index (κ3) is 3.31. The third-order valence-electron chi connectivity index (χ3n) is 3.57. The number of halogens is 1. The zero-order valence-electron chi connectivity index (χ0n) is 11.4. The second-order valence-corrected chi connectivity index (χ2v) is 6.33.